The van der Waals surface area contributed by atoms with E-state index < -0.39 is 0 Å². The smallest absolute Gasteiger partial charge is 0.277 e. The Morgan fingerprint density at radius 2 is 1.76 bits per heavy atom. The second kappa shape index (κ2) is 4.56. The van der Waals surface area contributed by atoms with Crippen molar-refractivity contribution in [3.05, 3.63) is 77.2 Å². The van der Waals surface area contributed by atoms with Crippen LogP contribution < -0.4 is 5.56 Å². The predicted molar refractivity (Wildman–Crippen MR) is 80.3 cm³/mol. The van der Waals surface area contributed by atoms with Crippen LogP contribution in [0.3, 0.4) is 0 Å². The van der Waals surface area contributed by atoms with Crippen LogP contribution in [-0.4, -0.2) is 18.9 Å². The third-order valence-electron chi connectivity index (χ3n) is 3.60. The molecule has 0 N–H and O–H groups in total. The molecule has 4 aromatic rings. The molecular weight excluding hydrogens is 264 g/mol. The molecule has 1 aromatic carbocycles. The largest absolute Gasteiger partial charge is 0.300 e. The minimum atomic E-state index is -0.0462. The van der Waals surface area contributed by atoms with Crippen LogP contribution in [0.2, 0.25) is 0 Å². The zero-order valence-corrected chi connectivity index (χ0v) is 11.2. The summed E-state index contributed by atoms with van der Waals surface area (Å²) in [5.74, 6) is 0. The Labute approximate surface area is 120 Å². The molecule has 0 aliphatic heterocycles. The lowest BCUT2D eigenvalue weighted by Crippen LogP contribution is -2.23. The first-order valence-electron chi connectivity index (χ1n) is 6.67. The molecule has 0 radical (unpaired) electrons. The molecule has 0 aliphatic carbocycles. The molecule has 5 heteroatoms. The van der Waals surface area contributed by atoms with Crippen LogP contribution in [0.5, 0.6) is 0 Å². The molecule has 0 fully saturated rings. The third kappa shape index (κ3) is 1.82. The highest BCUT2D eigenvalue weighted by Crippen LogP contribution is 2.15. The van der Waals surface area contributed by atoms with Crippen molar-refractivity contribution in [1.29, 1.82) is 0 Å². The van der Waals surface area contributed by atoms with Crippen LogP contribution in [0, 0.1) is 0 Å². The van der Waals surface area contributed by atoms with Crippen LogP contribution in [0.15, 0.2) is 66.1 Å². The topological polar surface area (TPSA) is 52.2 Å². The van der Waals surface area contributed by atoms with Gasteiger partial charge in [0.2, 0.25) is 0 Å². The predicted octanol–water partition coefficient (Wildman–Crippen LogP) is 2.09. The Morgan fingerprint density at radius 3 is 2.57 bits per heavy atom. The fourth-order valence-electron chi connectivity index (χ4n) is 2.62. The van der Waals surface area contributed by atoms with Crippen LogP contribution in [0.4, 0.5) is 0 Å². The van der Waals surface area contributed by atoms with Gasteiger partial charge in [-0.05, 0) is 23.8 Å². The van der Waals surface area contributed by atoms with Crippen molar-refractivity contribution in [3.63, 3.8) is 0 Å². The summed E-state index contributed by atoms with van der Waals surface area (Å²) < 4.78 is 3.60. The SMILES string of the molecule is O=c1c2cncn2c2ccccc2n1Cc1cccnc1. The van der Waals surface area contributed by atoms with E-state index in [1.165, 1.54) is 0 Å². The fourth-order valence-corrected chi connectivity index (χ4v) is 2.62. The number of hydrogen-bond acceptors (Lipinski definition) is 3. The summed E-state index contributed by atoms with van der Waals surface area (Å²) in [7, 11) is 0. The molecule has 3 aromatic heterocycles. The third-order valence-corrected chi connectivity index (χ3v) is 3.60. The average Bonchev–Trinajstić information content (AvgIpc) is 3.02. The van der Waals surface area contributed by atoms with Gasteiger partial charge in [-0.3, -0.25) is 14.2 Å². The van der Waals surface area contributed by atoms with E-state index in [4.69, 9.17) is 0 Å². The molecule has 21 heavy (non-hydrogen) atoms. The van der Waals surface area contributed by atoms with Gasteiger partial charge in [0.1, 0.15) is 5.52 Å². The first-order chi connectivity index (χ1) is 10.3. The van der Waals surface area contributed by atoms with E-state index >= 15 is 0 Å². The lowest BCUT2D eigenvalue weighted by molar-refractivity contribution is 0.789. The van der Waals surface area contributed by atoms with Gasteiger partial charge in [-0.25, -0.2) is 4.98 Å². The van der Waals surface area contributed by atoms with Crippen LogP contribution in [0.25, 0.3) is 16.6 Å². The number of imidazole rings is 1. The Kier molecular flexibility index (Phi) is 2.57. The Balaban J connectivity index is 2.06. The van der Waals surface area contributed by atoms with Gasteiger partial charge >= 0.3 is 0 Å². The molecule has 5 nitrogen and oxygen atoms in total. The second-order valence-corrected chi connectivity index (χ2v) is 4.89. The van der Waals surface area contributed by atoms with Crippen molar-refractivity contribution in [2.45, 2.75) is 6.54 Å². The lowest BCUT2D eigenvalue weighted by Gasteiger charge is -2.12. The van der Waals surface area contributed by atoms with E-state index in [9.17, 15) is 4.79 Å². The van der Waals surface area contributed by atoms with Gasteiger partial charge in [-0.15, -0.1) is 0 Å². The van der Waals surface area contributed by atoms with E-state index in [2.05, 4.69) is 9.97 Å². The monoisotopic (exact) mass is 276 g/mol. The first-order valence-corrected chi connectivity index (χ1v) is 6.67. The van der Waals surface area contributed by atoms with Crippen molar-refractivity contribution >= 4 is 16.6 Å². The maximum absolute atomic E-state index is 12.7. The molecule has 0 bridgehead atoms. The molecule has 4 rings (SSSR count). The Morgan fingerprint density at radius 1 is 0.905 bits per heavy atom. The molecule has 0 saturated heterocycles. The average molecular weight is 276 g/mol. The maximum Gasteiger partial charge on any atom is 0.277 e. The number of hydrogen-bond donors (Lipinski definition) is 0. The summed E-state index contributed by atoms with van der Waals surface area (Å²) in [5.41, 5.74) is 3.38. The highest BCUT2D eigenvalue weighted by Gasteiger charge is 2.10. The van der Waals surface area contributed by atoms with Gasteiger partial charge in [0, 0.05) is 12.4 Å². The quantitative estimate of drug-likeness (QED) is 0.563. The molecular formula is C16H12N4O. The number of benzene rings is 1. The van der Waals surface area contributed by atoms with Crippen molar-refractivity contribution in [3.8, 4) is 0 Å². The molecule has 102 valence electrons. The van der Waals surface area contributed by atoms with Crippen LogP contribution in [0.1, 0.15) is 5.56 Å². The van der Waals surface area contributed by atoms with Crippen molar-refractivity contribution in [2.24, 2.45) is 0 Å². The van der Waals surface area contributed by atoms with E-state index in [1.54, 1.807) is 29.5 Å². The van der Waals surface area contributed by atoms with Gasteiger partial charge in [0.15, 0.2) is 0 Å². The van der Waals surface area contributed by atoms with E-state index in [0.29, 0.717) is 12.1 Å². The molecule has 0 aliphatic rings. The van der Waals surface area contributed by atoms with Gasteiger partial charge in [0.05, 0.1) is 30.1 Å². The summed E-state index contributed by atoms with van der Waals surface area (Å²) >= 11 is 0. The summed E-state index contributed by atoms with van der Waals surface area (Å²) in [4.78, 5) is 20.9. The molecule has 0 spiro atoms. The Hall–Kier alpha value is -2.95. The summed E-state index contributed by atoms with van der Waals surface area (Å²) in [5, 5.41) is 0. The number of pyridine rings is 1. The van der Waals surface area contributed by atoms with E-state index in [0.717, 1.165) is 16.6 Å². The summed E-state index contributed by atoms with van der Waals surface area (Å²) in [6, 6.07) is 11.7. The highest BCUT2D eigenvalue weighted by atomic mass is 16.1. The number of para-hydroxylation sites is 2. The number of aromatic nitrogens is 4. The van der Waals surface area contributed by atoms with Crippen molar-refractivity contribution < 1.29 is 0 Å². The molecule has 3 heterocycles. The summed E-state index contributed by atoms with van der Waals surface area (Å²) in [6.07, 6.45) is 6.79. The summed E-state index contributed by atoms with van der Waals surface area (Å²) in [6.45, 7) is 0.495. The van der Waals surface area contributed by atoms with Gasteiger partial charge in [0.25, 0.3) is 5.56 Å². The zero-order chi connectivity index (χ0) is 14.2. The van der Waals surface area contributed by atoms with Gasteiger partial charge in [-0.1, -0.05) is 18.2 Å². The first kappa shape index (κ1) is 11.8. The number of rotatable bonds is 2. The standard InChI is InChI=1S/C16H12N4O/c21-16-15-9-18-11-20(15)14-6-2-1-5-13(14)19(16)10-12-4-3-7-17-8-12/h1-9,11H,10H2. The van der Waals surface area contributed by atoms with E-state index in [1.807, 2.05) is 40.8 Å². The number of nitrogens with zero attached hydrogens (tertiary/aromatic N) is 4. The van der Waals surface area contributed by atoms with Crippen LogP contribution in [-0.2, 0) is 6.54 Å². The van der Waals surface area contributed by atoms with Gasteiger partial charge < -0.3 is 4.57 Å². The van der Waals surface area contributed by atoms with Crippen molar-refractivity contribution in [1.82, 2.24) is 18.9 Å². The van der Waals surface area contributed by atoms with E-state index in [-0.39, 0.29) is 5.56 Å². The minimum Gasteiger partial charge on any atom is -0.300 e. The molecule has 0 saturated carbocycles. The molecule has 0 unspecified atom stereocenters. The zero-order valence-electron chi connectivity index (χ0n) is 11.2. The minimum absolute atomic E-state index is 0.0462. The second-order valence-electron chi connectivity index (χ2n) is 4.89. The van der Waals surface area contributed by atoms with Gasteiger partial charge in [-0.2, -0.15) is 0 Å². The highest BCUT2D eigenvalue weighted by molar-refractivity contribution is 5.78. The normalized spacial score (nSPS) is 11.2. The number of fused-ring (bicyclic) bond motifs is 3. The molecule has 0 amide bonds. The maximum atomic E-state index is 12.7. The van der Waals surface area contributed by atoms with Crippen molar-refractivity contribution in [2.75, 3.05) is 0 Å². The fraction of sp³-hybridized carbons (Fsp3) is 0.0625. The lowest BCUT2D eigenvalue weighted by atomic mass is 10.2. The Bertz CT molecular complexity index is 985. The molecule has 0 atom stereocenters. The van der Waals surface area contributed by atoms with Crippen LogP contribution >= 0.6 is 0 Å².